The normalized spacial score (nSPS) is 11.3. The Morgan fingerprint density at radius 2 is 1.89 bits per heavy atom. The molecule has 0 unspecified atom stereocenters. The highest BCUT2D eigenvalue weighted by Gasteiger charge is 2.12. The number of hydrogen-bond acceptors (Lipinski definition) is 3. The van der Waals surface area contributed by atoms with Gasteiger partial charge in [-0.2, -0.15) is 0 Å². The molecule has 2 heterocycles. The maximum Gasteiger partial charge on any atom is 0.152 e. The third-order valence-corrected chi connectivity index (χ3v) is 3.53. The van der Waals surface area contributed by atoms with E-state index in [1.54, 1.807) is 0 Å². The molecule has 2 aromatic heterocycles. The van der Waals surface area contributed by atoms with Crippen LogP contribution in [0.1, 0.15) is 24.4 Å². The summed E-state index contributed by atoms with van der Waals surface area (Å²) >= 11 is 0. The van der Waals surface area contributed by atoms with Crippen LogP contribution in [0.3, 0.4) is 0 Å². The predicted octanol–water partition coefficient (Wildman–Crippen LogP) is 2.08. The van der Waals surface area contributed by atoms with E-state index >= 15 is 0 Å². The number of hydrogen-bond donors (Lipinski definition) is 0. The Kier molecular flexibility index (Phi) is 2.81. The number of benzene rings is 1. The van der Waals surface area contributed by atoms with Gasteiger partial charge in [-0.1, -0.05) is 19.1 Å². The van der Waals surface area contributed by atoms with Crippen LogP contribution in [0.2, 0.25) is 0 Å². The Balaban J connectivity index is 2.11. The number of fused-ring (bicyclic) bond motifs is 1. The summed E-state index contributed by atoms with van der Waals surface area (Å²) in [5.41, 5.74) is 2.19. The lowest BCUT2D eigenvalue weighted by molar-refractivity contribution is 0.675. The average molecular weight is 255 g/mol. The zero-order valence-electron chi connectivity index (χ0n) is 11.5. The average Bonchev–Trinajstić information content (AvgIpc) is 2.94. The summed E-state index contributed by atoms with van der Waals surface area (Å²) in [5.74, 6) is 2.97. The van der Waals surface area contributed by atoms with E-state index in [0.717, 1.165) is 34.9 Å². The lowest BCUT2D eigenvalue weighted by Gasteiger charge is -2.07. The third kappa shape index (κ3) is 1.91. The van der Waals surface area contributed by atoms with E-state index in [4.69, 9.17) is 0 Å². The van der Waals surface area contributed by atoms with Crippen molar-refractivity contribution in [3.63, 3.8) is 0 Å². The fourth-order valence-corrected chi connectivity index (χ4v) is 2.30. The Morgan fingerprint density at radius 1 is 1.11 bits per heavy atom. The summed E-state index contributed by atoms with van der Waals surface area (Å²) in [6, 6.07) is 8.21. The predicted molar refractivity (Wildman–Crippen MR) is 74.0 cm³/mol. The smallest absolute Gasteiger partial charge is 0.152 e. The molecule has 1 aromatic carbocycles. The van der Waals surface area contributed by atoms with Crippen molar-refractivity contribution in [2.75, 3.05) is 0 Å². The summed E-state index contributed by atoms with van der Waals surface area (Å²) < 4.78 is 4.24. The molecule has 0 spiro atoms. The molecule has 0 saturated carbocycles. The first kappa shape index (κ1) is 11.9. The highest BCUT2D eigenvalue weighted by molar-refractivity contribution is 5.76. The van der Waals surface area contributed by atoms with E-state index in [1.165, 1.54) is 0 Å². The second kappa shape index (κ2) is 4.50. The van der Waals surface area contributed by atoms with Gasteiger partial charge < -0.3 is 9.13 Å². The minimum atomic E-state index is 0.709. The molecule has 0 fully saturated rings. The minimum Gasteiger partial charge on any atom is -0.320 e. The number of aromatic nitrogens is 5. The van der Waals surface area contributed by atoms with Crippen molar-refractivity contribution in [3.8, 4) is 0 Å². The van der Waals surface area contributed by atoms with E-state index in [2.05, 4.69) is 32.7 Å². The highest BCUT2D eigenvalue weighted by atomic mass is 15.3. The first-order chi connectivity index (χ1) is 9.20. The Morgan fingerprint density at radius 3 is 2.58 bits per heavy atom. The van der Waals surface area contributed by atoms with Crippen LogP contribution >= 0.6 is 0 Å². The minimum absolute atomic E-state index is 0.709. The van der Waals surface area contributed by atoms with Gasteiger partial charge in [0.15, 0.2) is 5.82 Å². The van der Waals surface area contributed by atoms with Crippen LogP contribution in [0, 0.1) is 6.92 Å². The molecule has 0 N–H and O–H groups in total. The summed E-state index contributed by atoms with van der Waals surface area (Å²) in [7, 11) is 2.00. The highest BCUT2D eigenvalue weighted by Crippen LogP contribution is 2.17. The molecule has 0 radical (unpaired) electrons. The standard InChI is InChI=1S/C14H17N5/c1-4-13-15-11-7-5-6-8-12(11)19(13)9-14-17-16-10(2)18(14)3/h5-8H,4,9H2,1-3H3. The topological polar surface area (TPSA) is 48.5 Å². The van der Waals surface area contributed by atoms with E-state index < -0.39 is 0 Å². The van der Waals surface area contributed by atoms with Crippen molar-refractivity contribution >= 4 is 11.0 Å². The van der Waals surface area contributed by atoms with E-state index in [-0.39, 0.29) is 0 Å². The van der Waals surface area contributed by atoms with Gasteiger partial charge in [-0.3, -0.25) is 0 Å². The lowest BCUT2D eigenvalue weighted by atomic mass is 10.3. The van der Waals surface area contributed by atoms with Gasteiger partial charge in [0.2, 0.25) is 0 Å². The molecule has 0 amide bonds. The molecule has 0 aliphatic rings. The molecule has 0 aliphatic heterocycles. The first-order valence-corrected chi connectivity index (χ1v) is 6.49. The van der Waals surface area contributed by atoms with E-state index in [1.807, 2.05) is 36.7 Å². The molecular formula is C14H17N5. The van der Waals surface area contributed by atoms with Crippen molar-refractivity contribution in [3.05, 3.63) is 41.7 Å². The quantitative estimate of drug-likeness (QED) is 0.720. The van der Waals surface area contributed by atoms with Gasteiger partial charge in [-0.15, -0.1) is 10.2 Å². The van der Waals surface area contributed by atoms with E-state index in [9.17, 15) is 0 Å². The molecule has 98 valence electrons. The molecule has 0 aliphatic carbocycles. The van der Waals surface area contributed by atoms with E-state index in [0.29, 0.717) is 6.54 Å². The third-order valence-electron chi connectivity index (χ3n) is 3.53. The second-order valence-electron chi connectivity index (χ2n) is 4.68. The van der Waals surface area contributed by atoms with Crippen molar-refractivity contribution < 1.29 is 0 Å². The van der Waals surface area contributed by atoms with Crippen molar-refractivity contribution in [2.45, 2.75) is 26.8 Å². The van der Waals surface area contributed by atoms with Gasteiger partial charge in [0.25, 0.3) is 0 Å². The Hall–Kier alpha value is -2.17. The molecule has 19 heavy (non-hydrogen) atoms. The SMILES string of the molecule is CCc1nc2ccccc2n1Cc1nnc(C)n1C. The molecule has 0 bridgehead atoms. The number of aryl methyl sites for hydroxylation is 2. The fourth-order valence-electron chi connectivity index (χ4n) is 2.30. The summed E-state index contributed by atoms with van der Waals surface area (Å²) in [6.07, 6.45) is 0.908. The summed E-state index contributed by atoms with van der Waals surface area (Å²) in [6.45, 7) is 4.80. The second-order valence-corrected chi connectivity index (χ2v) is 4.68. The zero-order valence-corrected chi connectivity index (χ0v) is 11.5. The lowest BCUT2D eigenvalue weighted by Crippen LogP contribution is -2.09. The van der Waals surface area contributed by atoms with Gasteiger partial charge >= 0.3 is 0 Å². The number of rotatable bonds is 3. The van der Waals surface area contributed by atoms with Crippen LogP contribution in [0.25, 0.3) is 11.0 Å². The molecule has 5 nitrogen and oxygen atoms in total. The molecule has 0 atom stereocenters. The van der Waals surface area contributed by atoms with Crippen molar-refractivity contribution in [2.24, 2.45) is 7.05 Å². The Labute approximate surface area is 111 Å². The summed E-state index contributed by atoms with van der Waals surface area (Å²) in [5, 5.41) is 8.35. The van der Waals surface area contributed by atoms with Crippen LogP contribution < -0.4 is 0 Å². The van der Waals surface area contributed by atoms with Gasteiger partial charge in [0.1, 0.15) is 11.6 Å². The van der Waals surface area contributed by atoms with Crippen LogP contribution in [-0.4, -0.2) is 24.3 Å². The number of nitrogens with zero attached hydrogens (tertiary/aromatic N) is 5. The molecular weight excluding hydrogens is 238 g/mol. The van der Waals surface area contributed by atoms with Crippen LogP contribution in [-0.2, 0) is 20.0 Å². The van der Waals surface area contributed by atoms with Crippen LogP contribution in [0.15, 0.2) is 24.3 Å². The van der Waals surface area contributed by atoms with Crippen LogP contribution in [0.5, 0.6) is 0 Å². The maximum absolute atomic E-state index is 4.67. The fraction of sp³-hybridized carbons (Fsp3) is 0.357. The largest absolute Gasteiger partial charge is 0.320 e. The van der Waals surface area contributed by atoms with Gasteiger partial charge in [0, 0.05) is 13.5 Å². The summed E-state index contributed by atoms with van der Waals surface area (Å²) in [4.78, 5) is 4.67. The molecule has 0 saturated heterocycles. The molecule has 3 rings (SSSR count). The maximum atomic E-state index is 4.67. The van der Waals surface area contributed by atoms with Crippen molar-refractivity contribution in [1.82, 2.24) is 24.3 Å². The monoisotopic (exact) mass is 255 g/mol. The van der Waals surface area contributed by atoms with Gasteiger partial charge in [-0.05, 0) is 19.1 Å². The zero-order chi connectivity index (χ0) is 13.4. The molecule has 5 heteroatoms. The number of para-hydroxylation sites is 2. The Bertz CT molecular complexity index is 723. The van der Waals surface area contributed by atoms with Crippen molar-refractivity contribution in [1.29, 1.82) is 0 Å². The first-order valence-electron chi connectivity index (χ1n) is 6.49. The molecule has 3 aromatic rings. The number of imidazole rings is 1. The van der Waals surface area contributed by atoms with Gasteiger partial charge in [-0.25, -0.2) is 4.98 Å². The van der Waals surface area contributed by atoms with Gasteiger partial charge in [0.05, 0.1) is 17.6 Å². The van der Waals surface area contributed by atoms with Crippen LogP contribution in [0.4, 0.5) is 0 Å².